The van der Waals surface area contributed by atoms with Gasteiger partial charge in [-0.3, -0.25) is 5.10 Å². The Morgan fingerprint density at radius 3 is 2.42 bits per heavy atom. The van der Waals surface area contributed by atoms with E-state index in [9.17, 15) is 23.1 Å². The van der Waals surface area contributed by atoms with E-state index in [1.54, 1.807) is 30.3 Å². The first-order valence-electron chi connectivity index (χ1n) is 9.03. The zero-order valence-electron chi connectivity index (χ0n) is 15.8. The summed E-state index contributed by atoms with van der Waals surface area (Å²) in [5.74, 6) is 0.260. The van der Waals surface area contributed by atoms with Crippen molar-refractivity contribution >= 4 is 34.1 Å². The largest absolute Gasteiger partial charge is 0.506 e. The highest BCUT2D eigenvalue weighted by atomic mass is 19.4. The fourth-order valence-corrected chi connectivity index (χ4v) is 3.18. The van der Waals surface area contributed by atoms with E-state index in [1.165, 1.54) is 18.2 Å². The number of phenols is 1. The van der Waals surface area contributed by atoms with E-state index >= 15 is 0 Å². The lowest BCUT2D eigenvalue weighted by molar-refractivity contribution is -0.137. The third-order valence-corrected chi connectivity index (χ3v) is 4.63. The molecule has 0 aliphatic carbocycles. The molecule has 7 nitrogen and oxygen atoms in total. The average molecular weight is 427 g/mol. The van der Waals surface area contributed by atoms with Crippen molar-refractivity contribution in [2.45, 2.75) is 6.18 Å². The quantitative estimate of drug-likeness (QED) is 0.310. The number of aromatic nitrogens is 2. The molecule has 1 aromatic heterocycles. The number of amides is 2. The minimum absolute atomic E-state index is 0.0193. The number of fused-ring (bicyclic) bond motifs is 1. The number of anilines is 3. The standard InChI is InChI=1S/C21H16F3N5O2/c22-21(23,24)12-2-1-3-14(10-12)27-20(31)26-13-6-4-11(5-7-13)15-8-9-16(30)18-17(15)19(25)29-28-18/h1-10,30H,(H3,25,28,29)(H2,26,27,31). The van der Waals surface area contributed by atoms with E-state index in [2.05, 4.69) is 20.8 Å². The third kappa shape index (κ3) is 4.08. The van der Waals surface area contributed by atoms with Crippen LogP contribution in [0, 0.1) is 0 Å². The molecule has 0 unspecified atom stereocenters. The van der Waals surface area contributed by atoms with E-state index in [0.717, 1.165) is 23.3 Å². The average Bonchev–Trinajstić information content (AvgIpc) is 3.11. The molecule has 0 spiro atoms. The van der Waals surface area contributed by atoms with Gasteiger partial charge in [-0.05, 0) is 53.6 Å². The van der Waals surface area contributed by atoms with Gasteiger partial charge in [0.2, 0.25) is 0 Å². The number of H-pyrrole nitrogens is 1. The topological polar surface area (TPSA) is 116 Å². The zero-order valence-corrected chi connectivity index (χ0v) is 15.8. The van der Waals surface area contributed by atoms with Crippen molar-refractivity contribution in [3.8, 4) is 16.9 Å². The summed E-state index contributed by atoms with van der Waals surface area (Å²) in [5.41, 5.74) is 7.42. The number of benzene rings is 3. The maximum atomic E-state index is 12.8. The maximum absolute atomic E-state index is 12.8. The summed E-state index contributed by atoms with van der Waals surface area (Å²) in [4.78, 5) is 12.2. The molecule has 0 bridgehead atoms. The summed E-state index contributed by atoms with van der Waals surface area (Å²) < 4.78 is 38.4. The number of phenolic OH excluding ortho intramolecular Hbond substituents is 1. The summed E-state index contributed by atoms with van der Waals surface area (Å²) in [5, 5.41) is 22.1. The highest BCUT2D eigenvalue weighted by Gasteiger charge is 2.30. The van der Waals surface area contributed by atoms with Gasteiger partial charge in [0, 0.05) is 11.4 Å². The number of nitrogens with one attached hydrogen (secondary N) is 3. The summed E-state index contributed by atoms with van der Waals surface area (Å²) in [6, 6.07) is 13.6. The molecular formula is C21H16F3N5O2. The number of nitrogens with two attached hydrogens (primary N) is 1. The van der Waals surface area contributed by atoms with Crippen molar-refractivity contribution in [1.82, 2.24) is 10.2 Å². The molecule has 4 aromatic rings. The van der Waals surface area contributed by atoms with Crippen LogP contribution in [-0.4, -0.2) is 21.3 Å². The molecule has 0 fully saturated rings. The molecule has 6 N–H and O–H groups in total. The van der Waals surface area contributed by atoms with Gasteiger partial charge >= 0.3 is 12.2 Å². The van der Waals surface area contributed by atoms with Gasteiger partial charge in [-0.2, -0.15) is 18.3 Å². The van der Waals surface area contributed by atoms with Gasteiger partial charge in [-0.25, -0.2) is 4.79 Å². The van der Waals surface area contributed by atoms with Crippen LogP contribution in [0.2, 0.25) is 0 Å². The number of aromatic amines is 1. The first-order valence-corrected chi connectivity index (χ1v) is 9.03. The van der Waals surface area contributed by atoms with Gasteiger partial charge in [0.05, 0.1) is 10.9 Å². The van der Waals surface area contributed by atoms with Crippen molar-refractivity contribution in [3.63, 3.8) is 0 Å². The van der Waals surface area contributed by atoms with E-state index in [0.29, 0.717) is 16.6 Å². The molecule has 0 saturated heterocycles. The molecule has 158 valence electrons. The molecule has 1 heterocycles. The van der Waals surface area contributed by atoms with Crippen LogP contribution in [0.5, 0.6) is 5.75 Å². The number of carbonyl (C=O) groups is 1. The molecule has 0 saturated carbocycles. The Bertz CT molecular complexity index is 1270. The fourth-order valence-electron chi connectivity index (χ4n) is 3.18. The van der Waals surface area contributed by atoms with E-state index in [1.807, 2.05) is 0 Å². The maximum Gasteiger partial charge on any atom is 0.416 e. The Hall–Kier alpha value is -4.21. The Balaban J connectivity index is 1.50. The van der Waals surface area contributed by atoms with Gasteiger partial charge in [-0.1, -0.05) is 18.2 Å². The molecule has 0 radical (unpaired) electrons. The van der Waals surface area contributed by atoms with Crippen molar-refractivity contribution in [3.05, 3.63) is 66.2 Å². The molecular weight excluding hydrogens is 411 g/mol. The molecule has 0 aliphatic heterocycles. The second-order valence-corrected chi connectivity index (χ2v) is 6.73. The summed E-state index contributed by atoms with van der Waals surface area (Å²) in [6.07, 6.45) is -4.50. The number of urea groups is 1. The summed E-state index contributed by atoms with van der Waals surface area (Å²) in [6.45, 7) is 0. The van der Waals surface area contributed by atoms with Crippen molar-refractivity contribution in [1.29, 1.82) is 0 Å². The van der Waals surface area contributed by atoms with Crippen LogP contribution >= 0.6 is 0 Å². The third-order valence-electron chi connectivity index (χ3n) is 4.63. The van der Waals surface area contributed by atoms with Crippen LogP contribution in [0.3, 0.4) is 0 Å². The lowest BCUT2D eigenvalue weighted by Gasteiger charge is -2.11. The van der Waals surface area contributed by atoms with Gasteiger partial charge in [0.25, 0.3) is 0 Å². The molecule has 4 rings (SSSR count). The van der Waals surface area contributed by atoms with Crippen LogP contribution in [-0.2, 0) is 6.18 Å². The minimum Gasteiger partial charge on any atom is -0.506 e. The number of hydrogen-bond donors (Lipinski definition) is 5. The minimum atomic E-state index is -4.50. The second-order valence-electron chi connectivity index (χ2n) is 6.73. The predicted octanol–water partition coefficient (Wildman–Crippen LogP) is 5.18. The Morgan fingerprint density at radius 1 is 1.00 bits per heavy atom. The first-order chi connectivity index (χ1) is 14.7. The Kier molecular flexibility index (Phi) is 4.90. The van der Waals surface area contributed by atoms with Crippen LogP contribution in [0.15, 0.2) is 60.7 Å². The van der Waals surface area contributed by atoms with Crippen molar-refractivity contribution in [2.75, 3.05) is 16.4 Å². The van der Waals surface area contributed by atoms with Crippen LogP contribution in [0.4, 0.5) is 35.2 Å². The lowest BCUT2D eigenvalue weighted by Crippen LogP contribution is -2.19. The highest BCUT2D eigenvalue weighted by Crippen LogP contribution is 2.36. The SMILES string of the molecule is Nc1n[nH]c2c(O)ccc(-c3ccc(NC(=O)Nc4cccc(C(F)(F)F)c4)cc3)c12. The van der Waals surface area contributed by atoms with E-state index in [4.69, 9.17) is 5.73 Å². The molecule has 0 atom stereocenters. The normalized spacial score (nSPS) is 11.5. The van der Waals surface area contributed by atoms with Crippen LogP contribution in [0.1, 0.15) is 5.56 Å². The lowest BCUT2D eigenvalue weighted by atomic mass is 10.0. The van der Waals surface area contributed by atoms with Gasteiger partial charge in [-0.15, -0.1) is 0 Å². The first kappa shape index (κ1) is 20.1. The van der Waals surface area contributed by atoms with Crippen LogP contribution < -0.4 is 16.4 Å². The fraction of sp³-hybridized carbons (Fsp3) is 0.0476. The summed E-state index contributed by atoms with van der Waals surface area (Å²) in [7, 11) is 0. The number of hydrogen-bond acceptors (Lipinski definition) is 4. The number of rotatable bonds is 3. The number of nitrogens with zero attached hydrogens (tertiary/aromatic N) is 1. The highest BCUT2D eigenvalue weighted by molar-refractivity contribution is 6.04. The van der Waals surface area contributed by atoms with Gasteiger partial charge in [0.1, 0.15) is 11.3 Å². The van der Waals surface area contributed by atoms with E-state index in [-0.39, 0.29) is 17.3 Å². The van der Waals surface area contributed by atoms with Gasteiger partial charge < -0.3 is 21.5 Å². The molecule has 31 heavy (non-hydrogen) atoms. The van der Waals surface area contributed by atoms with Crippen LogP contribution in [0.25, 0.3) is 22.0 Å². The number of halogens is 3. The zero-order chi connectivity index (χ0) is 22.2. The van der Waals surface area contributed by atoms with Crippen molar-refractivity contribution < 1.29 is 23.1 Å². The second kappa shape index (κ2) is 7.56. The number of aromatic hydroxyl groups is 1. The van der Waals surface area contributed by atoms with E-state index < -0.39 is 17.8 Å². The number of nitrogen functional groups attached to an aromatic ring is 1. The molecule has 0 aliphatic rings. The predicted molar refractivity (Wildman–Crippen MR) is 112 cm³/mol. The van der Waals surface area contributed by atoms with Crippen molar-refractivity contribution in [2.24, 2.45) is 0 Å². The number of carbonyl (C=O) groups excluding carboxylic acids is 1. The Morgan fingerprint density at radius 2 is 1.71 bits per heavy atom. The smallest absolute Gasteiger partial charge is 0.416 e. The molecule has 10 heteroatoms. The number of alkyl halides is 3. The monoisotopic (exact) mass is 427 g/mol. The Labute approximate surface area is 173 Å². The summed E-state index contributed by atoms with van der Waals surface area (Å²) >= 11 is 0. The molecule has 2 amide bonds. The molecule has 3 aromatic carbocycles. The van der Waals surface area contributed by atoms with Gasteiger partial charge in [0.15, 0.2) is 5.82 Å².